The van der Waals surface area contributed by atoms with E-state index >= 15 is 0 Å². The Hall–Kier alpha value is 0.0500. The summed E-state index contributed by atoms with van der Waals surface area (Å²) >= 11 is 6.27. The van der Waals surface area contributed by atoms with Crippen LogP contribution in [0.25, 0.3) is 0 Å². The summed E-state index contributed by atoms with van der Waals surface area (Å²) in [5.41, 5.74) is 1.53. The SMILES string of the molecule is Sc1csc2c1CCCC2. The van der Waals surface area contributed by atoms with E-state index in [1.165, 1.54) is 36.1 Å². The minimum absolute atomic E-state index is 1.22. The summed E-state index contributed by atoms with van der Waals surface area (Å²) in [6, 6.07) is 0. The molecule has 10 heavy (non-hydrogen) atoms. The lowest BCUT2D eigenvalue weighted by Gasteiger charge is -2.10. The third-order valence-electron chi connectivity index (χ3n) is 2.04. The monoisotopic (exact) mass is 170 g/mol. The highest BCUT2D eigenvalue weighted by molar-refractivity contribution is 7.80. The highest BCUT2D eigenvalue weighted by Gasteiger charge is 2.12. The Morgan fingerprint density at radius 1 is 1.30 bits per heavy atom. The third kappa shape index (κ3) is 0.995. The molecule has 2 heteroatoms. The van der Waals surface area contributed by atoms with Gasteiger partial charge in [-0.2, -0.15) is 0 Å². The maximum atomic E-state index is 4.40. The molecule has 0 saturated heterocycles. The molecule has 2 rings (SSSR count). The first-order valence-electron chi connectivity index (χ1n) is 3.66. The predicted octanol–water partition coefficient (Wildman–Crippen LogP) is 2.92. The number of aryl methyl sites for hydroxylation is 1. The minimum atomic E-state index is 1.22. The summed E-state index contributed by atoms with van der Waals surface area (Å²) in [7, 11) is 0. The fourth-order valence-electron chi connectivity index (χ4n) is 1.48. The molecule has 54 valence electrons. The van der Waals surface area contributed by atoms with Gasteiger partial charge in [-0.3, -0.25) is 0 Å². The van der Waals surface area contributed by atoms with Crippen LogP contribution in [-0.4, -0.2) is 0 Å². The van der Waals surface area contributed by atoms with E-state index in [0.29, 0.717) is 0 Å². The highest BCUT2D eigenvalue weighted by atomic mass is 32.1. The first kappa shape index (κ1) is 6.74. The quantitative estimate of drug-likeness (QED) is 0.569. The van der Waals surface area contributed by atoms with Crippen molar-refractivity contribution >= 4 is 24.0 Å². The van der Waals surface area contributed by atoms with Crippen molar-refractivity contribution < 1.29 is 0 Å². The molecule has 0 amide bonds. The Kier molecular flexibility index (Phi) is 1.75. The maximum Gasteiger partial charge on any atom is 0.0182 e. The molecule has 0 atom stereocenters. The number of rotatable bonds is 0. The molecule has 0 radical (unpaired) electrons. The average Bonchev–Trinajstić information content (AvgIpc) is 2.34. The summed E-state index contributed by atoms with van der Waals surface area (Å²) in [5, 5.41) is 2.17. The molecule has 0 saturated carbocycles. The van der Waals surface area contributed by atoms with E-state index in [1.54, 1.807) is 4.88 Å². The van der Waals surface area contributed by atoms with Crippen LogP contribution >= 0.6 is 24.0 Å². The van der Waals surface area contributed by atoms with Gasteiger partial charge in [0.2, 0.25) is 0 Å². The second-order valence-electron chi connectivity index (χ2n) is 2.73. The largest absolute Gasteiger partial charge is 0.147 e. The topological polar surface area (TPSA) is 0 Å². The van der Waals surface area contributed by atoms with Crippen molar-refractivity contribution in [3.05, 3.63) is 15.8 Å². The molecule has 1 aliphatic rings. The van der Waals surface area contributed by atoms with Crippen molar-refractivity contribution in [1.82, 2.24) is 0 Å². The molecule has 1 aliphatic carbocycles. The number of fused-ring (bicyclic) bond motifs is 1. The predicted molar refractivity (Wildman–Crippen MR) is 48.2 cm³/mol. The van der Waals surface area contributed by atoms with E-state index in [1.807, 2.05) is 11.3 Å². The fourth-order valence-corrected chi connectivity index (χ4v) is 2.97. The zero-order valence-corrected chi connectivity index (χ0v) is 7.47. The number of thiophene rings is 1. The van der Waals surface area contributed by atoms with Gasteiger partial charge in [-0.25, -0.2) is 0 Å². The molecular formula is C8H10S2. The van der Waals surface area contributed by atoms with E-state index in [0.717, 1.165) is 0 Å². The summed E-state index contributed by atoms with van der Waals surface area (Å²) in [6.45, 7) is 0. The second kappa shape index (κ2) is 2.59. The number of thiol groups is 1. The summed E-state index contributed by atoms with van der Waals surface area (Å²) < 4.78 is 0. The summed E-state index contributed by atoms with van der Waals surface area (Å²) in [5.74, 6) is 0. The Labute approximate surface area is 70.7 Å². The van der Waals surface area contributed by atoms with Gasteiger partial charge in [0, 0.05) is 15.2 Å². The molecule has 1 heterocycles. The smallest absolute Gasteiger partial charge is 0.0182 e. The molecule has 0 aromatic carbocycles. The van der Waals surface area contributed by atoms with Gasteiger partial charge in [-0.15, -0.1) is 24.0 Å². The zero-order valence-electron chi connectivity index (χ0n) is 5.76. The van der Waals surface area contributed by atoms with Crippen LogP contribution in [0, 0.1) is 0 Å². The van der Waals surface area contributed by atoms with Gasteiger partial charge in [0.15, 0.2) is 0 Å². The molecule has 0 bridgehead atoms. The molecule has 0 fully saturated rings. The van der Waals surface area contributed by atoms with Crippen LogP contribution in [0.15, 0.2) is 10.3 Å². The molecule has 0 aliphatic heterocycles. The Morgan fingerprint density at radius 2 is 2.10 bits per heavy atom. The van der Waals surface area contributed by atoms with Crippen molar-refractivity contribution in [3.63, 3.8) is 0 Å². The van der Waals surface area contributed by atoms with Gasteiger partial charge in [0.1, 0.15) is 0 Å². The van der Waals surface area contributed by atoms with Gasteiger partial charge in [0.05, 0.1) is 0 Å². The molecule has 0 unspecified atom stereocenters. The molecule has 1 aromatic heterocycles. The van der Waals surface area contributed by atoms with Crippen LogP contribution in [0.4, 0.5) is 0 Å². The van der Waals surface area contributed by atoms with Crippen LogP contribution in [0.1, 0.15) is 23.3 Å². The first-order valence-corrected chi connectivity index (χ1v) is 4.99. The second-order valence-corrected chi connectivity index (χ2v) is 4.18. The van der Waals surface area contributed by atoms with Crippen LogP contribution in [0.3, 0.4) is 0 Å². The van der Waals surface area contributed by atoms with Gasteiger partial charge in [0.25, 0.3) is 0 Å². The van der Waals surface area contributed by atoms with Crippen LogP contribution < -0.4 is 0 Å². The Balaban J connectivity index is 2.45. The summed E-state index contributed by atoms with van der Waals surface area (Å²) in [4.78, 5) is 2.80. The molecular weight excluding hydrogens is 160 g/mol. The van der Waals surface area contributed by atoms with Gasteiger partial charge in [-0.05, 0) is 31.2 Å². The maximum absolute atomic E-state index is 4.40. The van der Waals surface area contributed by atoms with E-state index in [2.05, 4.69) is 18.0 Å². The summed E-state index contributed by atoms with van der Waals surface area (Å²) in [6.07, 6.45) is 5.29. The molecule has 0 nitrogen and oxygen atoms in total. The Bertz CT molecular complexity index is 237. The van der Waals surface area contributed by atoms with E-state index in [4.69, 9.17) is 0 Å². The number of hydrogen-bond acceptors (Lipinski definition) is 2. The van der Waals surface area contributed by atoms with Crippen molar-refractivity contribution in [2.24, 2.45) is 0 Å². The fraction of sp³-hybridized carbons (Fsp3) is 0.500. The van der Waals surface area contributed by atoms with Gasteiger partial charge >= 0.3 is 0 Å². The lowest BCUT2D eigenvalue weighted by atomic mass is 10.00. The van der Waals surface area contributed by atoms with Gasteiger partial charge < -0.3 is 0 Å². The molecule has 0 spiro atoms. The lowest BCUT2D eigenvalue weighted by molar-refractivity contribution is 0.689. The number of hydrogen-bond donors (Lipinski definition) is 1. The van der Waals surface area contributed by atoms with Crippen LogP contribution in [0.5, 0.6) is 0 Å². The van der Waals surface area contributed by atoms with Crippen molar-refractivity contribution in [2.75, 3.05) is 0 Å². The highest BCUT2D eigenvalue weighted by Crippen LogP contribution is 2.31. The zero-order chi connectivity index (χ0) is 6.97. The van der Waals surface area contributed by atoms with Crippen molar-refractivity contribution in [3.8, 4) is 0 Å². The van der Waals surface area contributed by atoms with Crippen molar-refractivity contribution in [1.29, 1.82) is 0 Å². The van der Waals surface area contributed by atoms with Crippen molar-refractivity contribution in [2.45, 2.75) is 30.6 Å². The third-order valence-corrected chi connectivity index (χ3v) is 3.70. The van der Waals surface area contributed by atoms with Crippen LogP contribution in [0.2, 0.25) is 0 Å². The molecule has 1 aromatic rings. The lowest BCUT2D eigenvalue weighted by Crippen LogP contribution is -1.97. The minimum Gasteiger partial charge on any atom is -0.147 e. The normalized spacial score (nSPS) is 16.9. The Morgan fingerprint density at radius 3 is 2.90 bits per heavy atom. The molecule has 0 N–H and O–H groups in total. The van der Waals surface area contributed by atoms with E-state index in [9.17, 15) is 0 Å². The first-order chi connectivity index (χ1) is 4.88. The average molecular weight is 170 g/mol. The van der Waals surface area contributed by atoms with Gasteiger partial charge in [-0.1, -0.05) is 0 Å². The van der Waals surface area contributed by atoms with E-state index in [-0.39, 0.29) is 0 Å². The van der Waals surface area contributed by atoms with Crippen LogP contribution in [-0.2, 0) is 12.8 Å². The van der Waals surface area contributed by atoms with E-state index < -0.39 is 0 Å². The standard InChI is InChI=1S/C8H10S2/c9-7-5-10-8-4-2-1-3-6(7)8/h5,9H,1-4H2.